The van der Waals surface area contributed by atoms with Gasteiger partial charge in [-0.25, -0.2) is 4.99 Å². The van der Waals surface area contributed by atoms with E-state index in [1.54, 1.807) is 11.8 Å². The molecule has 1 atom stereocenters. The van der Waals surface area contributed by atoms with Gasteiger partial charge in [-0.3, -0.25) is 9.79 Å². The first-order valence-electron chi connectivity index (χ1n) is 11.3. The molecule has 3 aromatic carbocycles. The Morgan fingerprint density at radius 1 is 0.972 bits per heavy atom. The molecule has 9 nitrogen and oxygen atoms in total. The van der Waals surface area contributed by atoms with Crippen molar-refractivity contribution in [2.75, 3.05) is 12.9 Å². The molecular weight excluding hydrogens is 474 g/mol. The van der Waals surface area contributed by atoms with E-state index in [-0.39, 0.29) is 17.6 Å². The number of rotatable bonds is 6. The molecule has 4 aromatic rings. The highest BCUT2D eigenvalue weighted by Gasteiger charge is 2.27. The van der Waals surface area contributed by atoms with E-state index in [9.17, 15) is 4.79 Å². The zero-order valence-corrected chi connectivity index (χ0v) is 20.5. The second-order valence-corrected chi connectivity index (χ2v) is 8.93. The molecule has 10 heteroatoms. The van der Waals surface area contributed by atoms with Gasteiger partial charge in [0.05, 0.1) is 35.8 Å². The molecule has 0 saturated carbocycles. The van der Waals surface area contributed by atoms with Gasteiger partial charge in [0.25, 0.3) is 0 Å². The number of aromatic nitrogens is 4. The number of benzene rings is 3. The summed E-state index contributed by atoms with van der Waals surface area (Å²) in [5.74, 6) is 0.832. The number of hydrogen-bond acceptors (Lipinski definition) is 8. The van der Waals surface area contributed by atoms with Gasteiger partial charge in [0.2, 0.25) is 11.1 Å². The number of thioether (sulfide) groups is 1. The number of aliphatic imine (C=N–C) groups is 2. The highest BCUT2D eigenvalue weighted by molar-refractivity contribution is 7.99. The van der Waals surface area contributed by atoms with Crippen LogP contribution in [0.25, 0.3) is 5.69 Å². The highest BCUT2D eigenvalue weighted by atomic mass is 32.2. The Morgan fingerprint density at radius 3 is 2.39 bits per heavy atom. The fourth-order valence-electron chi connectivity index (χ4n) is 3.90. The zero-order chi connectivity index (χ0) is 24.9. The lowest BCUT2D eigenvalue weighted by Gasteiger charge is -2.19. The predicted molar refractivity (Wildman–Crippen MR) is 140 cm³/mol. The van der Waals surface area contributed by atoms with E-state index in [0.717, 1.165) is 28.4 Å². The zero-order valence-electron chi connectivity index (χ0n) is 19.7. The molecule has 180 valence electrons. The van der Waals surface area contributed by atoms with Gasteiger partial charge in [-0.15, -0.1) is 5.10 Å². The van der Waals surface area contributed by atoms with Crippen LogP contribution in [0.5, 0.6) is 5.75 Å². The normalized spacial score (nSPS) is 14.8. The summed E-state index contributed by atoms with van der Waals surface area (Å²) in [7, 11) is 1.63. The number of ether oxygens (including phenoxy) is 1. The standard InChI is InChI=1S/C26H23N7O2S/c1-17-24(18-12-14-20(35-2)15-13-18)25(28-22-11-7-6-10-21(22)27-17)29-23(34)16-36-26-30-31-32-33(26)19-8-4-3-5-9-19/h3-15,24H,16H2,1-2H3,(H,28,29,34). The first-order valence-corrected chi connectivity index (χ1v) is 12.2. The Kier molecular flexibility index (Phi) is 6.85. The maximum Gasteiger partial charge on any atom is 0.235 e. The number of methoxy groups -OCH3 is 1. The lowest BCUT2D eigenvalue weighted by Crippen LogP contribution is -2.38. The number of amidine groups is 1. The van der Waals surface area contributed by atoms with Crippen molar-refractivity contribution in [2.45, 2.75) is 18.0 Å². The largest absolute Gasteiger partial charge is 0.497 e. The van der Waals surface area contributed by atoms with Gasteiger partial charge >= 0.3 is 0 Å². The molecule has 5 rings (SSSR count). The topological polar surface area (TPSA) is 107 Å². The minimum atomic E-state index is -0.327. The molecule has 0 aliphatic carbocycles. The molecule has 0 radical (unpaired) electrons. The number of carbonyl (C=O) groups is 1. The van der Waals surface area contributed by atoms with E-state index in [0.29, 0.717) is 16.7 Å². The highest BCUT2D eigenvalue weighted by Crippen LogP contribution is 2.34. The van der Waals surface area contributed by atoms with E-state index in [1.807, 2.05) is 85.8 Å². The number of nitrogens with zero attached hydrogens (tertiary/aromatic N) is 6. The van der Waals surface area contributed by atoms with Crippen molar-refractivity contribution in [3.63, 3.8) is 0 Å². The third-order valence-corrected chi connectivity index (χ3v) is 6.52. The van der Waals surface area contributed by atoms with Crippen LogP contribution in [0.2, 0.25) is 0 Å². The van der Waals surface area contributed by atoms with Gasteiger partial charge in [-0.2, -0.15) is 4.68 Å². The number of hydrogen-bond donors (Lipinski definition) is 1. The van der Waals surface area contributed by atoms with Gasteiger partial charge < -0.3 is 10.1 Å². The number of nitrogens with one attached hydrogen (secondary N) is 1. The van der Waals surface area contributed by atoms with Crippen molar-refractivity contribution in [1.29, 1.82) is 0 Å². The average molecular weight is 498 g/mol. The van der Waals surface area contributed by atoms with Gasteiger partial charge in [0.15, 0.2) is 0 Å². The smallest absolute Gasteiger partial charge is 0.235 e. The minimum Gasteiger partial charge on any atom is -0.497 e. The molecule has 1 unspecified atom stereocenters. The summed E-state index contributed by atoms with van der Waals surface area (Å²) in [5, 5.41) is 15.4. The summed E-state index contributed by atoms with van der Waals surface area (Å²) in [6.45, 7) is 1.95. The van der Waals surface area contributed by atoms with Crippen LogP contribution >= 0.6 is 11.8 Å². The van der Waals surface area contributed by atoms with Crippen LogP contribution in [0.4, 0.5) is 11.4 Å². The lowest BCUT2D eigenvalue weighted by atomic mass is 9.93. The predicted octanol–water partition coefficient (Wildman–Crippen LogP) is 4.50. The van der Waals surface area contributed by atoms with Gasteiger partial charge in [-0.1, -0.05) is 54.2 Å². The van der Waals surface area contributed by atoms with Crippen molar-refractivity contribution in [2.24, 2.45) is 9.98 Å². The van der Waals surface area contributed by atoms with Crippen LogP contribution in [0.3, 0.4) is 0 Å². The molecule has 0 bridgehead atoms. The molecule has 0 spiro atoms. The second kappa shape index (κ2) is 10.5. The van der Waals surface area contributed by atoms with Crippen molar-refractivity contribution in [3.05, 3.63) is 84.4 Å². The fraction of sp³-hybridized carbons (Fsp3) is 0.154. The van der Waals surface area contributed by atoms with Crippen molar-refractivity contribution >= 4 is 40.6 Å². The Labute approximate surface area is 212 Å². The summed E-state index contributed by atoms with van der Waals surface area (Å²) >= 11 is 1.25. The summed E-state index contributed by atoms with van der Waals surface area (Å²) in [6.07, 6.45) is 0. The molecule has 36 heavy (non-hydrogen) atoms. The third-order valence-electron chi connectivity index (χ3n) is 5.60. The molecular formula is C26H23N7O2S. The number of amides is 1. The van der Waals surface area contributed by atoms with Gasteiger partial charge in [0, 0.05) is 5.71 Å². The number of tetrazole rings is 1. The van der Waals surface area contributed by atoms with Crippen LogP contribution < -0.4 is 10.1 Å². The number of carbonyl (C=O) groups excluding carboxylic acids is 1. The van der Waals surface area contributed by atoms with Crippen molar-refractivity contribution in [1.82, 2.24) is 25.5 Å². The summed E-state index contributed by atoms with van der Waals surface area (Å²) in [4.78, 5) is 22.7. The van der Waals surface area contributed by atoms with E-state index < -0.39 is 0 Å². The maximum atomic E-state index is 13.1. The Morgan fingerprint density at radius 2 is 1.67 bits per heavy atom. The molecule has 0 saturated heterocycles. The monoisotopic (exact) mass is 497 g/mol. The van der Waals surface area contributed by atoms with Crippen LogP contribution in [0.15, 0.2) is 94.0 Å². The molecule has 1 N–H and O–H groups in total. The summed E-state index contributed by atoms with van der Waals surface area (Å²) in [6, 6.07) is 24.9. The van der Waals surface area contributed by atoms with Crippen molar-refractivity contribution in [3.8, 4) is 11.4 Å². The molecule has 2 heterocycles. The molecule has 1 aliphatic rings. The van der Waals surface area contributed by atoms with Crippen molar-refractivity contribution < 1.29 is 9.53 Å². The van der Waals surface area contributed by atoms with Gasteiger partial charge in [-0.05, 0) is 59.3 Å². The Balaban J connectivity index is 1.40. The van der Waals surface area contributed by atoms with Crippen LogP contribution in [0, 0.1) is 0 Å². The van der Waals surface area contributed by atoms with Crippen LogP contribution in [-0.2, 0) is 4.79 Å². The summed E-state index contributed by atoms with van der Waals surface area (Å²) in [5.41, 5.74) is 4.05. The first-order chi connectivity index (χ1) is 17.6. The van der Waals surface area contributed by atoms with Crippen LogP contribution in [-0.4, -0.2) is 50.5 Å². The Bertz CT molecular complexity index is 1430. The van der Waals surface area contributed by atoms with Gasteiger partial charge in [0.1, 0.15) is 11.6 Å². The minimum absolute atomic E-state index is 0.111. The summed E-state index contributed by atoms with van der Waals surface area (Å²) < 4.78 is 6.91. The fourth-order valence-corrected chi connectivity index (χ4v) is 4.60. The van der Waals surface area contributed by atoms with E-state index in [4.69, 9.17) is 14.7 Å². The first kappa shape index (κ1) is 23.4. The van der Waals surface area contributed by atoms with Crippen LogP contribution in [0.1, 0.15) is 18.4 Å². The second-order valence-electron chi connectivity index (χ2n) is 7.99. The lowest BCUT2D eigenvalue weighted by molar-refractivity contribution is -0.117. The third kappa shape index (κ3) is 5.03. The quantitative estimate of drug-likeness (QED) is 0.393. The van der Waals surface area contributed by atoms with E-state index in [1.165, 1.54) is 11.8 Å². The molecule has 1 aliphatic heterocycles. The van der Waals surface area contributed by atoms with E-state index >= 15 is 0 Å². The number of fused-ring (bicyclic) bond motifs is 1. The Hall–Kier alpha value is -4.31. The SMILES string of the molecule is COc1ccc(C2C(C)=Nc3ccccc3N=C2NC(=O)CSc2nnnn2-c2ccccc2)cc1. The average Bonchev–Trinajstić information content (AvgIpc) is 3.33. The van der Waals surface area contributed by atoms with E-state index in [2.05, 4.69) is 20.8 Å². The molecule has 1 aromatic heterocycles. The molecule has 0 fully saturated rings. The number of para-hydroxylation sites is 3. The maximum absolute atomic E-state index is 13.1. The molecule has 1 amide bonds.